The second-order valence-electron chi connectivity index (χ2n) is 6.78. The molecule has 2 heterocycles. The fraction of sp³-hybridized carbons (Fsp3) is 0.400. The van der Waals surface area contributed by atoms with Crippen molar-refractivity contribution in [2.45, 2.75) is 39.2 Å². The molecule has 0 atom stereocenters. The lowest BCUT2D eigenvalue weighted by Gasteiger charge is -2.13. The van der Waals surface area contributed by atoms with Crippen molar-refractivity contribution in [1.82, 2.24) is 15.2 Å². The van der Waals surface area contributed by atoms with Crippen LogP contribution in [0.15, 0.2) is 29.6 Å². The van der Waals surface area contributed by atoms with Gasteiger partial charge in [-0.05, 0) is 44.5 Å². The molecule has 148 valence electrons. The fourth-order valence-electron chi connectivity index (χ4n) is 2.86. The molecule has 1 aromatic carbocycles. The maximum absolute atomic E-state index is 12.3. The number of aromatic nitrogens is 1. The van der Waals surface area contributed by atoms with Crippen LogP contribution in [0.2, 0.25) is 0 Å². The van der Waals surface area contributed by atoms with Gasteiger partial charge in [0.15, 0.2) is 0 Å². The summed E-state index contributed by atoms with van der Waals surface area (Å²) >= 11 is 1.40. The van der Waals surface area contributed by atoms with Gasteiger partial charge in [-0.25, -0.2) is 4.98 Å². The largest absolute Gasteiger partial charge is 0.491 e. The van der Waals surface area contributed by atoms with Gasteiger partial charge in [-0.2, -0.15) is 0 Å². The summed E-state index contributed by atoms with van der Waals surface area (Å²) in [6.45, 7) is 4.66. The zero-order chi connectivity index (χ0) is 20.1. The summed E-state index contributed by atoms with van der Waals surface area (Å²) in [5.41, 5.74) is 1.28. The second kappa shape index (κ2) is 8.97. The Kier molecular flexibility index (Phi) is 6.41. The van der Waals surface area contributed by atoms with Crippen LogP contribution in [0.5, 0.6) is 5.75 Å². The molecule has 3 rings (SSSR count). The smallest absolute Gasteiger partial charge is 0.270 e. The minimum atomic E-state index is -0.263. The van der Waals surface area contributed by atoms with Crippen LogP contribution >= 0.6 is 11.3 Å². The number of benzene rings is 1. The van der Waals surface area contributed by atoms with E-state index < -0.39 is 0 Å². The SMILES string of the molecule is CC(C)Oc1ccc(-c2nc(C(=O)NCCCN3C(=O)CCC3=O)cs2)cc1. The van der Waals surface area contributed by atoms with E-state index in [9.17, 15) is 14.4 Å². The molecule has 1 fully saturated rings. The summed E-state index contributed by atoms with van der Waals surface area (Å²) in [6.07, 6.45) is 1.22. The van der Waals surface area contributed by atoms with Gasteiger partial charge >= 0.3 is 0 Å². The molecule has 7 nitrogen and oxygen atoms in total. The van der Waals surface area contributed by atoms with E-state index in [1.807, 2.05) is 38.1 Å². The van der Waals surface area contributed by atoms with Crippen LogP contribution in [0.4, 0.5) is 0 Å². The van der Waals surface area contributed by atoms with E-state index in [1.165, 1.54) is 16.2 Å². The zero-order valence-corrected chi connectivity index (χ0v) is 16.8. The highest BCUT2D eigenvalue weighted by Crippen LogP contribution is 2.26. The Bertz CT molecular complexity index is 845. The van der Waals surface area contributed by atoms with E-state index in [1.54, 1.807) is 5.38 Å². The first kappa shape index (κ1) is 20.0. The number of nitrogens with zero attached hydrogens (tertiary/aromatic N) is 2. The molecule has 1 aromatic heterocycles. The van der Waals surface area contributed by atoms with Crippen LogP contribution in [-0.4, -0.2) is 46.8 Å². The van der Waals surface area contributed by atoms with Gasteiger partial charge in [0.2, 0.25) is 11.8 Å². The van der Waals surface area contributed by atoms with Gasteiger partial charge in [0.25, 0.3) is 5.91 Å². The summed E-state index contributed by atoms with van der Waals surface area (Å²) < 4.78 is 5.63. The summed E-state index contributed by atoms with van der Waals surface area (Å²) in [4.78, 5) is 41.0. The number of nitrogens with one attached hydrogen (secondary N) is 1. The van der Waals surface area contributed by atoms with Crippen molar-refractivity contribution in [3.8, 4) is 16.3 Å². The monoisotopic (exact) mass is 401 g/mol. The fourth-order valence-corrected chi connectivity index (χ4v) is 3.67. The van der Waals surface area contributed by atoms with E-state index in [4.69, 9.17) is 4.74 Å². The highest BCUT2D eigenvalue weighted by molar-refractivity contribution is 7.13. The average molecular weight is 401 g/mol. The lowest BCUT2D eigenvalue weighted by Crippen LogP contribution is -2.33. The number of likely N-dealkylation sites (tertiary alicyclic amines) is 1. The van der Waals surface area contributed by atoms with Crippen molar-refractivity contribution in [1.29, 1.82) is 0 Å². The van der Waals surface area contributed by atoms with Gasteiger partial charge in [0, 0.05) is 36.9 Å². The third-order valence-corrected chi connectivity index (χ3v) is 5.10. The Morgan fingerprint density at radius 3 is 2.54 bits per heavy atom. The summed E-state index contributed by atoms with van der Waals surface area (Å²) in [7, 11) is 0. The third kappa shape index (κ3) is 4.95. The molecule has 0 unspecified atom stereocenters. The molecular weight excluding hydrogens is 378 g/mol. The van der Waals surface area contributed by atoms with Gasteiger partial charge < -0.3 is 10.1 Å². The molecule has 0 radical (unpaired) electrons. The maximum Gasteiger partial charge on any atom is 0.270 e. The van der Waals surface area contributed by atoms with Crippen molar-refractivity contribution in [2.24, 2.45) is 0 Å². The Hall–Kier alpha value is -2.74. The van der Waals surface area contributed by atoms with Crippen molar-refractivity contribution in [2.75, 3.05) is 13.1 Å². The van der Waals surface area contributed by atoms with E-state index in [2.05, 4.69) is 10.3 Å². The number of imide groups is 1. The Morgan fingerprint density at radius 1 is 1.21 bits per heavy atom. The predicted molar refractivity (Wildman–Crippen MR) is 106 cm³/mol. The number of ether oxygens (including phenoxy) is 1. The van der Waals surface area contributed by atoms with E-state index in [-0.39, 0.29) is 36.7 Å². The highest BCUT2D eigenvalue weighted by atomic mass is 32.1. The van der Waals surface area contributed by atoms with Crippen LogP contribution in [0.1, 0.15) is 43.6 Å². The second-order valence-corrected chi connectivity index (χ2v) is 7.64. The summed E-state index contributed by atoms with van der Waals surface area (Å²) in [5, 5.41) is 5.26. The number of carbonyl (C=O) groups is 3. The molecule has 1 saturated heterocycles. The van der Waals surface area contributed by atoms with Crippen molar-refractivity contribution < 1.29 is 19.1 Å². The Labute approximate surface area is 167 Å². The molecule has 0 aliphatic carbocycles. The Balaban J connectivity index is 1.49. The standard InChI is InChI=1S/C20H23N3O4S/c1-13(2)27-15-6-4-14(5-7-15)20-22-16(12-28-20)19(26)21-10-3-11-23-17(24)8-9-18(23)25/h4-7,12-13H,3,8-11H2,1-2H3,(H,21,26). The Morgan fingerprint density at radius 2 is 1.89 bits per heavy atom. The summed E-state index contributed by atoms with van der Waals surface area (Å²) in [5.74, 6) is 0.264. The highest BCUT2D eigenvalue weighted by Gasteiger charge is 2.27. The van der Waals surface area contributed by atoms with Crippen molar-refractivity contribution in [3.05, 3.63) is 35.3 Å². The predicted octanol–water partition coefficient (Wildman–Crippen LogP) is 2.87. The van der Waals surface area contributed by atoms with E-state index in [0.29, 0.717) is 25.2 Å². The number of hydrogen-bond acceptors (Lipinski definition) is 6. The van der Waals surface area contributed by atoms with Crippen LogP contribution in [-0.2, 0) is 9.59 Å². The topological polar surface area (TPSA) is 88.6 Å². The van der Waals surface area contributed by atoms with Crippen molar-refractivity contribution in [3.63, 3.8) is 0 Å². The normalized spacial score (nSPS) is 14.0. The van der Waals surface area contributed by atoms with E-state index >= 15 is 0 Å². The molecule has 3 amide bonds. The number of amides is 3. The van der Waals surface area contributed by atoms with Crippen molar-refractivity contribution >= 4 is 29.1 Å². The molecule has 1 aliphatic rings. The van der Waals surface area contributed by atoms with Gasteiger partial charge in [-0.15, -0.1) is 11.3 Å². The molecule has 28 heavy (non-hydrogen) atoms. The number of thiazole rings is 1. The molecule has 2 aromatic rings. The lowest BCUT2D eigenvalue weighted by atomic mass is 10.2. The molecule has 8 heteroatoms. The molecular formula is C20H23N3O4S. The molecule has 1 N–H and O–H groups in total. The minimum Gasteiger partial charge on any atom is -0.491 e. The van der Waals surface area contributed by atoms with E-state index in [0.717, 1.165) is 16.3 Å². The lowest BCUT2D eigenvalue weighted by molar-refractivity contribution is -0.138. The van der Waals surface area contributed by atoms with Gasteiger partial charge in [-0.3, -0.25) is 19.3 Å². The molecule has 0 bridgehead atoms. The average Bonchev–Trinajstić information content (AvgIpc) is 3.27. The first-order valence-electron chi connectivity index (χ1n) is 9.28. The maximum atomic E-state index is 12.3. The van der Waals surface area contributed by atoms with Gasteiger partial charge in [0.1, 0.15) is 16.5 Å². The first-order chi connectivity index (χ1) is 13.4. The number of hydrogen-bond donors (Lipinski definition) is 1. The minimum absolute atomic E-state index is 0.114. The van der Waals surface area contributed by atoms with Crippen LogP contribution in [0.3, 0.4) is 0 Å². The number of rotatable bonds is 8. The van der Waals surface area contributed by atoms with Gasteiger partial charge in [0.05, 0.1) is 6.10 Å². The molecule has 0 saturated carbocycles. The molecule has 0 spiro atoms. The quantitative estimate of drug-likeness (QED) is 0.543. The van der Waals surface area contributed by atoms with Gasteiger partial charge in [-0.1, -0.05) is 0 Å². The number of carbonyl (C=O) groups excluding carboxylic acids is 3. The molecule has 1 aliphatic heterocycles. The summed E-state index contributed by atoms with van der Waals surface area (Å²) in [6, 6.07) is 7.61. The third-order valence-electron chi connectivity index (χ3n) is 4.21. The van der Waals surface area contributed by atoms with Crippen LogP contribution in [0, 0.1) is 0 Å². The van der Waals surface area contributed by atoms with Crippen LogP contribution in [0.25, 0.3) is 10.6 Å². The van der Waals surface area contributed by atoms with Crippen LogP contribution < -0.4 is 10.1 Å². The zero-order valence-electron chi connectivity index (χ0n) is 15.9. The first-order valence-corrected chi connectivity index (χ1v) is 10.2.